The Labute approximate surface area is 95.0 Å². The minimum atomic E-state index is 0.0782. The Kier molecular flexibility index (Phi) is 3.40. The standard InChI is InChI=1S/C10H18N4O2/c1-7(11-2)9-12-13-10(16-9)14(3)8-4-5-15-6-8/h7-8,11H,4-6H2,1-3H3. The molecule has 0 saturated carbocycles. The number of nitrogens with zero attached hydrogens (tertiary/aromatic N) is 3. The summed E-state index contributed by atoms with van der Waals surface area (Å²) < 4.78 is 10.9. The van der Waals surface area contributed by atoms with Gasteiger partial charge in [0.15, 0.2) is 0 Å². The third kappa shape index (κ3) is 2.17. The van der Waals surface area contributed by atoms with Crippen molar-refractivity contribution in [2.45, 2.75) is 25.4 Å². The monoisotopic (exact) mass is 226 g/mol. The summed E-state index contributed by atoms with van der Waals surface area (Å²) in [4.78, 5) is 1.99. The number of ether oxygens (including phenoxy) is 1. The Balaban J connectivity index is 2.05. The Morgan fingerprint density at radius 1 is 1.50 bits per heavy atom. The summed E-state index contributed by atoms with van der Waals surface area (Å²) in [7, 11) is 3.82. The van der Waals surface area contributed by atoms with E-state index < -0.39 is 0 Å². The van der Waals surface area contributed by atoms with E-state index in [0.29, 0.717) is 17.9 Å². The molecule has 0 amide bonds. The third-order valence-corrected chi connectivity index (χ3v) is 2.99. The second kappa shape index (κ2) is 4.80. The molecule has 2 rings (SSSR count). The predicted octanol–water partition coefficient (Wildman–Crippen LogP) is 0.575. The second-order valence-corrected chi connectivity index (χ2v) is 4.06. The predicted molar refractivity (Wildman–Crippen MR) is 59.4 cm³/mol. The highest BCUT2D eigenvalue weighted by Crippen LogP contribution is 2.20. The zero-order valence-electron chi connectivity index (χ0n) is 9.93. The normalized spacial score (nSPS) is 22.3. The van der Waals surface area contributed by atoms with Gasteiger partial charge in [0.05, 0.1) is 18.7 Å². The van der Waals surface area contributed by atoms with Crippen molar-refractivity contribution in [3.63, 3.8) is 0 Å². The molecule has 0 radical (unpaired) electrons. The molecule has 1 aromatic rings. The highest BCUT2D eigenvalue weighted by atomic mass is 16.5. The van der Waals surface area contributed by atoms with Crippen LogP contribution in [0, 0.1) is 0 Å². The first kappa shape index (κ1) is 11.3. The molecule has 2 atom stereocenters. The van der Waals surface area contributed by atoms with Crippen molar-refractivity contribution in [2.75, 3.05) is 32.2 Å². The van der Waals surface area contributed by atoms with E-state index >= 15 is 0 Å². The minimum absolute atomic E-state index is 0.0782. The molecule has 0 aromatic carbocycles. The molecule has 1 aromatic heterocycles. The van der Waals surface area contributed by atoms with Crippen LogP contribution in [0.5, 0.6) is 0 Å². The number of aromatic nitrogens is 2. The van der Waals surface area contributed by atoms with Crippen molar-refractivity contribution in [1.82, 2.24) is 15.5 Å². The molecule has 1 aliphatic heterocycles. The second-order valence-electron chi connectivity index (χ2n) is 4.06. The highest BCUT2D eigenvalue weighted by molar-refractivity contribution is 5.25. The van der Waals surface area contributed by atoms with Gasteiger partial charge in [-0.1, -0.05) is 5.10 Å². The highest BCUT2D eigenvalue weighted by Gasteiger charge is 2.24. The number of hydrogen-bond acceptors (Lipinski definition) is 6. The molecule has 2 heterocycles. The molecule has 16 heavy (non-hydrogen) atoms. The van der Waals surface area contributed by atoms with E-state index in [9.17, 15) is 0 Å². The third-order valence-electron chi connectivity index (χ3n) is 2.99. The fourth-order valence-electron chi connectivity index (χ4n) is 1.65. The van der Waals surface area contributed by atoms with Crippen LogP contribution in [0.15, 0.2) is 4.42 Å². The molecule has 2 unspecified atom stereocenters. The molecule has 6 nitrogen and oxygen atoms in total. The van der Waals surface area contributed by atoms with Crippen LogP contribution in [0.25, 0.3) is 0 Å². The topological polar surface area (TPSA) is 63.4 Å². The van der Waals surface area contributed by atoms with Gasteiger partial charge < -0.3 is 19.4 Å². The zero-order valence-corrected chi connectivity index (χ0v) is 9.93. The first-order valence-corrected chi connectivity index (χ1v) is 5.53. The number of nitrogens with one attached hydrogen (secondary N) is 1. The summed E-state index contributed by atoms with van der Waals surface area (Å²) in [6.45, 7) is 3.52. The summed E-state index contributed by atoms with van der Waals surface area (Å²) in [5.74, 6) is 0.614. The Hall–Kier alpha value is -1.14. The average Bonchev–Trinajstić information content (AvgIpc) is 2.97. The van der Waals surface area contributed by atoms with Crippen LogP contribution in [-0.4, -0.2) is 43.5 Å². The van der Waals surface area contributed by atoms with Crippen LogP contribution >= 0.6 is 0 Å². The van der Waals surface area contributed by atoms with Gasteiger partial charge in [0.25, 0.3) is 0 Å². The van der Waals surface area contributed by atoms with Crippen LogP contribution in [0.3, 0.4) is 0 Å². The van der Waals surface area contributed by atoms with Gasteiger partial charge in [-0.25, -0.2) is 0 Å². The van der Waals surface area contributed by atoms with E-state index in [1.807, 2.05) is 25.9 Å². The van der Waals surface area contributed by atoms with E-state index in [0.717, 1.165) is 19.6 Å². The molecule has 0 aliphatic carbocycles. The molecule has 1 N–H and O–H groups in total. The maximum atomic E-state index is 5.60. The van der Waals surface area contributed by atoms with Gasteiger partial charge in [0, 0.05) is 13.7 Å². The Bertz CT molecular complexity index is 335. The smallest absolute Gasteiger partial charge is 0.318 e. The lowest BCUT2D eigenvalue weighted by molar-refractivity contribution is 0.193. The van der Waals surface area contributed by atoms with Gasteiger partial charge in [-0.15, -0.1) is 5.10 Å². The first-order valence-electron chi connectivity index (χ1n) is 5.53. The SMILES string of the molecule is CNC(C)c1nnc(N(C)C2CCOC2)o1. The van der Waals surface area contributed by atoms with E-state index in [-0.39, 0.29) is 6.04 Å². The number of hydrogen-bond donors (Lipinski definition) is 1. The Morgan fingerprint density at radius 2 is 2.31 bits per heavy atom. The molecule has 1 fully saturated rings. The molecular formula is C10H18N4O2. The molecule has 1 aliphatic rings. The van der Waals surface area contributed by atoms with E-state index in [2.05, 4.69) is 15.5 Å². The summed E-state index contributed by atoms with van der Waals surface area (Å²) in [6, 6.07) is 0.986. The van der Waals surface area contributed by atoms with Crippen molar-refractivity contribution in [3.8, 4) is 0 Å². The van der Waals surface area contributed by atoms with Crippen molar-refractivity contribution >= 4 is 6.01 Å². The molecule has 90 valence electrons. The molecule has 0 bridgehead atoms. The van der Waals surface area contributed by atoms with Crippen LogP contribution in [0.1, 0.15) is 25.3 Å². The van der Waals surface area contributed by atoms with Crippen molar-refractivity contribution in [1.29, 1.82) is 0 Å². The number of likely N-dealkylation sites (N-methyl/N-ethyl adjacent to an activating group) is 1. The zero-order chi connectivity index (χ0) is 11.5. The summed E-state index contributed by atoms with van der Waals surface area (Å²) >= 11 is 0. The fraction of sp³-hybridized carbons (Fsp3) is 0.800. The average molecular weight is 226 g/mol. The van der Waals surface area contributed by atoms with Crippen LogP contribution in [-0.2, 0) is 4.74 Å². The fourth-order valence-corrected chi connectivity index (χ4v) is 1.65. The Morgan fingerprint density at radius 3 is 2.94 bits per heavy atom. The van der Waals surface area contributed by atoms with Gasteiger partial charge in [-0.3, -0.25) is 0 Å². The van der Waals surface area contributed by atoms with Gasteiger partial charge in [-0.2, -0.15) is 0 Å². The first-order chi connectivity index (χ1) is 7.72. The minimum Gasteiger partial charge on any atom is -0.406 e. The van der Waals surface area contributed by atoms with Crippen molar-refractivity contribution in [2.24, 2.45) is 0 Å². The van der Waals surface area contributed by atoms with Crippen LogP contribution < -0.4 is 10.2 Å². The molecule has 1 saturated heterocycles. The maximum Gasteiger partial charge on any atom is 0.318 e. The summed E-state index contributed by atoms with van der Waals surface area (Å²) in [5.41, 5.74) is 0. The van der Waals surface area contributed by atoms with Gasteiger partial charge in [0.2, 0.25) is 5.89 Å². The molecule has 6 heteroatoms. The number of rotatable bonds is 4. The lowest BCUT2D eigenvalue weighted by atomic mass is 10.2. The van der Waals surface area contributed by atoms with E-state index in [4.69, 9.17) is 9.15 Å². The number of anilines is 1. The van der Waals surface area contributed by atoms with Crippen molar-refractivity contribution < 1.29 is 9.15 Å². The lowest BCUT2D eigenvalue weighted by Gasteiger charge is -2.20. The van der Waals surface area contributed by atoms with Crippen molar-refractivity contribution in [3.05, 3.63) is 5.89 Å². The molecular weight excluding hydrogens is 208 g/mol. The lowest BCUT2D eigenvalue weighted by Crippen LogP contribution is -2.31. The van der Waals surface area contributed by atoms with Gasteiger partial charge in [0.1, 0.15) is 0 Å². The largest absolute Gasteiger partial charge is 0.406 e. The molecule has 0 spiro atoms. The quantitative estimate of drug-likeness (QED) is 0.810. The summed E-state index contributed by atoms with van der Waals surface area (Å²) in [5, 5.41) is 11.1. The summed E-state index contributed by atoms with van der Waals surface area (Å²) in [6.07, 6.45) is 1.01. The van der Waals surface area contributed by atoms with E-state index in [1.165, 1.54) is 0 Å². The van der Waals surface area contributed by atoms with Crippen LogP contribution in [0.4, 0.5) is 6.01 Å². The maximum absolute atomic E-state index is 5.60. The van der Waals surface area contributed by atoms with E-state index in [1.54, 1.807) is 0 Å². The van der Waals surface area contributed by atoms with Gasteiger partial charge >= 0.3 is 6.01 Å². The van der Waals surface area contributed by atoms with Crippen LogP contribution in [0.2, 0.25) is 0 Å². The van der Waals surface area contributed by atoms with Gasteiger partial charge in [-0.05, 0) is 20.4 Å².